The van der Waals surface area contributed by atoms with Crippen molar-refractivity contribution in [2.24, 2.45) is 7.05 Å². The highest BCUT2D eigenvalue weighted by Gasteiger charge is 2.59. The average Bonchev–Trinajstić information content (AvgIpc) is 2.83. The van der Waals surface area contributed by atoms with Gasteiger partial charge in [-0.3, -0.25) is 4.79 Å². The maximum atomic E-state index is 14.2. The molecular weight excluding hydrogens is 487 g/mol. The minimum atomic E-state index is -5.07. The van der Waals surface area contributed by atoms with Crippen molar-refractivity contribution in [1.29, 1.82) is 0 Å². The number of hydrogen-bond donors (Lipinski definition) is 1. The summed E-state index contributed by atoms with van der Waals surface area (Å²) < 4.78 is 53.6. The monoisotopic (exact) mass is 509 g/mol. The molecule has 1 heterocycles. The summed E-state index contributed by atoms with van der Waals surface area (Å²) in [6, 6.07) is 11.1. The van der Waals surface area contributed by atoms with E-state index in [1.54, 1.807) is 18.2 Å². The molecule has 35 heavy (non-hydrogen) atoms. The number of ether oxygens (including phenoxy) is 2. The predicted octanol–water partition coefficient (Wildman–Crippen LogP) is 5.05. The van der Waals surface area contributed by atoms with Crippen molar-refractivity contribution in [2.75, 3.05) is 14.2 Å². The maximum absolute atomic E-state index is 14.2. The zero-order valence-corrected chi connectivity index (χ0v) is 20.1. The van der Waals surface area contributed by atoms with Gasteiger partial charge in [0.25, 0.3) is 0 Å². The molecule has 3 aromatic rings. The number of methoxy groups -OCH3 is 2. The van der Waals surface area contributed by atoms with Crippen molar-refractivity contribution >= 4 is 17.6 Å². The molecule has 0 bridgehead atoms. The molecule has 1 N–H and O–H groups in total. The lowest BCUT2D eigenvalue weighted by atomic mass is 9.78. The number of esters is 1. The number of hydrogen-bond acceptors (Lipinski definition) is 5. The second-order valence-corrected chi connectivity index (χ2v) is 8.40. The summed E-state index contributed by atoms with van der Waals surface area (Å²) in [6.45, 7) is 1.22. The van der Waals surface area contributed by atoms with Gasteiger partial charge in [0, 0.05) is 35.8 Å². The van der Waals surface area contributed by atoms with Gasteiger partial charge < -0.3 is 19.1 Å². The number of aryl methyl sites for hydroxylation is 1. The first-order valence-electron chi connectivity index (χ1n) is 10.4. The van der Waals surface area contributed by atoms with Crippen LogP contribution in [0.3, 0.4) is 0 Å². The number of halogens is 4. The third-order valence-corrected chi connectivity index (χ3v) is 6.32. The summed E-state index contributed by atoms with van der Waals surface area (Å²) in [4.78, 5) is 23.6. The van der Waals surface area contributed by atoms with Crippen LogP contribution in [0.15, 0.2) is 59.5 Å². The fraction of sp³-hybridized carbons (Fsp3) is 0.280. The Bertz CT molecular complexity index is 1320. The topological polar surface area (TPSA) is 77.8 Å². The van der Waals surface area contributed by atoms with Crippen LogP contribution in [-0.2, 0) is 17.4 Å². The molecule has 0 aliphatic rings. The smallest absolute Gasteiger partial charge is 0.422 e. The van der Waals surface area contributed by atoms with Gasteiger partial charge in [-0.05, 0) is 41.0 Å². The fourth-order valence-corrected chi connectivity index (χ4v) is 4.26. The van der Waals surface area contributed by atoms with Gasteiger partial charge in [-0.2, -0.15) is 13.2 Å². The average molecular weight is 510 g/mol. The number of carbonyl (C=O) groups is 1. The fourth-order valence-electron chi connectivity index (χ4n) is 3.91. The summed E-state index contributed by atoms with van der Waals surface area (Å²) in [7, 11) is 3.93. The second kappa shape index (κ2) is 9.75. The highest BCUT2D eigenvalue weighted by Crippen LogP contribution is 2.49. The van der Waals surface area contributed by atoms with E-state index in [0.717, 1.165) is 22.9 Å². The molecule has 2 aromatic carbocycles. The molecule has 0 spiro atoms. The molecule has 0 saturated carbocycles. The number of rotatable bonds is 6. The van der Waals surface area contributed by atoms with Gasteiger partial charge in [-0.25, -0.2) is 4.79 Å². The van der Waals surface area contributed by atoms with Gasteiger partial charge in [-0.15, -0.1) is 0 Å². The summed E-state index contributed by atoms with van der Waals surface area (Å²) in [5.74, 6) is -1.85. The van der Waals surface area contributed by atoms with Crippen molar-refractivity contribution in [3.63, 3.8) is 0 Å². The Labute approximate surface area is 204 Å². The Morgan fingerprint density at radius 2 is 1.69 bits per heavy atom. The molecule has 186 valence electrons. The zero-order chi connectivity index (χ0) is 26.1. The summed E-state index contributed by atoms with van der Waals surface area (Å²) in [5, 5.41) is 11.0. The van der Waals surface area contributed by atoms with Gasteiger partial charge >= 0.3 is 12.1 Å². The van der Waals surface area contributed by atoms with Crippen molar-refractivity contribution in [3.05, 3.63) is 86.8 Å². The largest absolute Gasteiger partial charge is 0.496 e. The predicted molar refractivity (Wildman–Crippen MR) is 125 cm³/mol. The van der Waals surface area contributed by atoms with Gasteiger partial charge in [0.1, 0.15) is 11.3 Å². The molecule has 2 atom stereocenters. The van der Waals surface area contributed by atoms with E-state index in [-0.39, 0.29) is 21.9 Å². The Balaban J connectivity index is 2.07. The minimum absolute atomic E-state index is 0.00138. The van der Waals surface area contributed by atoms with Crippen molar-refractivity contribution < 1.29 is 32.5 Å². The van der Waals surface area contributed by atoms with E-state index >= 15 is 0 Å². The van der Waals surface area contributed by atoms with Crippen LogP contribution in [-0.4, -0.2) is 36.0 Å². The van der Waals surface area contributed by atoms with Crippen LogP contribution in [0.2, 0.25) is 5.02 Å². The lowest BCUT2D eigenvalue weighted by molar-refractivity contribution is -0.274. The molecule has 0 amide bonds. The van der Waals surface area contributed by atoms with Crippen LogP contribution in [0.25, 0.3) is 11.1 Å². The van der Waals surface area contributed by atoms with Crippen LogP contribution < -0.4 is 10.3 Å². The van der Waals surface area contributed by atoms with E-state index in [1.807, 2.05) is 0 Å². The number of carbonyl (C=O) groups excluding carboxylic acids is 1. The van der Waals surface area contributed by atoms with Gasteiger partial charge in [0.2, 0.25) is 5.56 Å². The van der Waals surface area contributed by atoms with Crippen molar-refractivity contribution in [2.45, 2.75) is 24.6 Å². The van der Waals surface area contributed by atoms with Crippen LogP contribution in [0, 0.1) is 0 Å². The van der Waals surface area contributed by atoms with E-state index in [0.29, 0.717) is 11.1 Å². The number of aromatic nitrogens is 1. The van der Waals surface area contributed by atoms with E-state index in [4.69, 9.17) is 21.1 Å². The van der Waals surface area contributed by atoms with E-state index in [9.17, 15) is 27.9 Å². The van der Waals surface area contributed by atoms with Crippen LogP contribution in [0.4, 0.5) is 13.2 Å². The lowest BCUT2D eigenvalue weighted by Crippen LogP contribution is -2.47. The zero-order valence-electron chi connectivity index (χ0n) is 19.3. The van der Waals surface area contributed by atoms with E-state index in [1.165, 1.54) is 46.4 Å². The molecular formula is C25H23ClF3NO5. The van der Waals surface area contributed by atoms with Crippen molar-refractivity contribution in [3.8, 4) is 16.9 Å². The second-order valence-electron chi connectivity index (χ2n) is 8.00. The highest BCUT2D eigenvalue weighted by atomic mass is 35.5. The molecule has 6 nitrogen and oxygen atoms in total. The molecule has 0 saturated heterocycles. The Hall–Kier alpha value is -3.30. The van der Waals surface area contributed by atoms with Crippen molar-refractivity contribution in [1.82, 2.24) is 4.57 Å². The van der Waals surface area contributed by atoms with Crippen LogP contribution in [0.1, 0.15) is 34.3 Å². The number of nitrogens with zero attached hydrogens (tertiary/aromatic N) is 1. The van der Waals surface area contributed by atoms with E-state index in [2.05, 4.69) is 0 Å². The molecule has 0 aliphatic heterocycles. The first kappa shape index (κ1) is 26.3. The highest BCUT2D eigenvalue weighted by molar-refractivity contribution is 6.31. The summed E-state index contributed by atoms with van der Waals surface area (Å²) in [5.41, 5.74) is -2.89. The first-order valence-corrected chi connectivity index (χ1v) is 10.7. The summed E-state index contributed by atoms with van der Waals surface area (Å²) >= 11 is 6.41. The summed E-state index contributed by atoms with van der Waals surface area (Å²) in [6.07, 6.45) is -4.10. The third-order valence-electron chi connectivity index (χ3n) is 5.99. The molecule has 0 unspecified atom stereocenters. The van der Waals surface area contributed by atoms with E-state index < -0.39 is 34.8 Å². The van der Waals surface area contributed by atoms with Crippen LogP contribution in [0.5, 0.6) is 5.75 Å². The number of pyridine rings is 1. The molecule has 10 heteroatoms. The molecule has 3 rings (SSSR count). The van der Waals surface area contributed by atoms with Gasteiger partial charge in [0.05, 0.1) is 14.2 Å². The standard InChI is InChI=1S/C25H23ClF3NO5/c1-14(24(33,25(27,28)29)17-7-10-22(31)30(2)13-17)18-8-5-15(11-20(18)26)16-6-9-19(23(32)35-4)21(12-16)34-3/h5-14,33H,1-4H3/t14-,24-/m0/s1. The molecule has 0 fully saturated rings. The normalized spacial score (nSPS) is 14.2. The Morgan fingerprint density at radius 3 is 2.23 bits per heavy atom. The quantitative estimate of drug-likeness (QED) is 0.470. The van der Waals surface area contributed by atoms with Gasteiger partial charge in [-0.1, -0.05) is 36.7 Å². The number of alkyl halides is 3. The SMILES string of the molecule is COC(=O)c1ccc(-c2ccc([C@H](C)[C@](O)(c3ccc(=O)n(C)c3)C(F)(F)F)c(Cl)c2)cc1OC. The molecule has 1 aromatic heterocycles. The Morgan fingerprint density at radius 1 is 1.06 bits per heavy atom. The Kier molecular flexibility index (Phi) is 7.33. The number of benzene rings is 2. The van der Waals surface area contributed by atoms with Crippen LogP contribution >= 0.6 is 11.6 Å². The minimum Gasteiger partial charge on any atom is -0.496 e. The molecule has 0 radical (unpaired) electrons. The number of aliphatic hydroxyl groups is 1. The van der Waals surface area contributed by atoms with Gasteiger partial charge in [0.15, 0.2) is 5.60 Å². The molecule has 0 aliphatic carbocycles. The first-order chi connectivity index (χ1) is 16.3. The third kappa shape index (κ3) is 4.78. The maximum Gasteiger partial charge on any atom is 0.422 e. The lowest BCUT2D eigenvalue weighted by Gasteiger charge is -2.37.